The maximum absolute atomic E-state index is 13.1. The first kappa shape index (κ1) is 24.6. The smallest absolute Gasteiger partial charge is 0.342 e. The molecule has 7 heteroatoms. The van der Waals surface area contributed by atoms with Crippen molar-refractivity contribution >= 4 is 17.8 Å². The molecule has 0 N–H and O–H groups in total. The third kappa shape index (κ3) is 8.15. The molecule has 1 heterocycles. The molecule has 0 bridgehead atoms. The van der Waals surface area contributed by atoms with Gasteiger partial charge in [-0.15, -0.1) is 0 Å². The maximum atomic E-state index is 13.1. The fourth-order valence-electron chi connectivity index (χ4n) is 3.24. The van der Waals surface area contributed by atoms with Crippen molar-refractivity contribution in [2.75, 3.05) is 0 Å². The number of esters is 2. The fraction of sp³-hybridized carbons (Fsp3) is 0.583. The number of ether oxygens (including phenoxy) is 2. The van der Waals surface area contributed by atoms with Gasteiger partial charge >= 0.3 is 11.9 Å². The summed E-state index contributed by atoms with van der Waals surface area (Å²) in [5.74, 6) is -1.32. The third-order valence-corrected chi connectivity index (χ3v) is 4.46. The molecule has 1 aliphatic carbocycles. The Balaban J connectivity index is 2.62. The zero-order chi connectivity index (χ0) is 23.2. The second-order valence-electron chi connectivity index (χ2n) is 9.75. The lowest BCUT2D eigenvalue weighted by atomic mass is 9.96. The molecule has 1 aromatic rings. The Bertz CT molecular complexity index is 907. The molecule has 0 unspecified atom stereocenters. The molecule has 1 aromatic heterocycles. The van der Waals surface area contributed by atoms with E-state index in [0.29, 0.717) is 0 Å². The minimum absolute atomic E-state index is 0.0414. The van der Waals surface area contributed by atoms with E-state index in [1.807, 2.05) is 0 Å². The van der Waals surface area contributed by atoms with E-state index in [9.17, 15) is 14.4 Å². The Morgan fingerprint density at radius 2 is 1.61 bits per heavy atom. The van der Waals surface area contributed by atoms with E-state index in [4.69, 9.17) is 14.5 Å². The van der Waals surface area contributed by atoms with Crippen molar-refractivity contribution in [2.45, 2.75) is 90.9 Å². The van der Waals surface area contributed by atoms with Gasteiger partial charge in [-0.2, -0.15) is 0 Å². The van der Waals surface area contributed by atoms with Crippen LogP contribution in [0.2, 0.25) is 0 Å². The van der Waals surface area contributed by atoms with Crippen molar-refractivity contribution in [1.82, 2.24) is 4.57 Å². The molecule has 170 valence electrons. The average molecular weight is 431 g/mol. The van der Waals surface area contributed by atoms with Gasteiger partial charge in [0.15, 0.2) is 0 Å². The molecule has 0 aromatic carbocycles. The second kappa shape index (κ2) is 10.1. The minimum Gasteiger partial charge on any atom is -0.457 e. The predicted molar refractivity (Wildman–Crippen MR) is 120 cm³/mol. The van der Waals surface area contributed by atoms with Crippen LogP contribution in [0.4, 0.5) is 0 Å². The maximum Gasteiger partial charge on any atom is 0.342 e. The van der Waals surface area contributed by atoms with Gasteiger partial charge in [-0.25, -0.2) is 9.59 Å². The molecule has 1 aliphatic rings. The fourth-order valence-corrected chi connectivity index (χ4v) is 3.24. The lowest BCUT2D eigenvalue weighted by Crippen LogP contribution is -2.35. The van der Waals surface area contributed by atoms with Crippen LogP contribution in [0.5, 0.6) is 0 Å². The van der Waals surface area contributed by atoms with E-state index in [1.54, 1.807) is 53.7 Å². The number of rotatable bonds is 4. The summed E-state index contributed by atoms with van der Waals surface area (Å²) in [5.41, 5.74) is -1.97. The zero-order valence-corrected chi connectivity index (χ0v) is 19.4. The van der Waals surface area contributed by atoms with Gasteiger partial charge < -0.3 is 9.47 Å². The minimum atomic E-state index is -0.790. The van der Waals surface area contributed by atoms with Crippen LogP contribution >= 0.6 is 0 Å². The molecule has 7 nitrogen and oxygen atoms in total. The first-order valence-corrected chi connectivity index (χ1v) is 10.8. The molecular formula is C24H34N2O5. The monoisotopic (exact) mass is 430 g/mol. The van der Waals surface area contributed by atoms with Crippen LogP contribution in [-0.2, 0) is 19.1 Å². The van der Waals surface area contributed by atoms with E-state index < -0.39 is 23.1 Å². The number of aliphatic imine (C=N–C) groups is 1. The van der Waals surface area contributed by atoms with Crippen molar-refractivity contribution in [3.8, 4) is 0 Å². The summed E-state index contributed by atoms with van der Waals surface area (Å²) < 4.78 is 12.2. The second-order valence-corrected chi connectivity index (χ2v) is 9.75. The van der Waals surface area contributed by atoms with Crippen LogP contribution in [0.3, 0.4) is 0 Å². The zero-order valence-electron chi connectivity index (χ0n) is 19.4. The van der Waals surface area contributed by atoms with Crippen LogP contribution < -0.4 is 5.56 Å². The lowest BCUT2D eigenvalue weighted by molar-refractivity contribution is -0.152. The molecule has 0 atom stereocenters. The van der Waals surface area contributed by atoms with Crippen molar-refractivity contribution in [3.63, 3.8) is 0 Å². The van der Waals surface area contributed by atoms with Crippen molar-refractivity contribution < 1.29 is 19.1 Å². The van der Waals surface area contributed by atoms with Crippen molar-refractivity contribution in [2.24, 2.45) is 4.99 Å². The largest absolute Gasteiger partial charge is 0.457 e. The van der Waals surface area contributed by atoms with E-state index in [0.717, 1.165) is 38.2 Å². The summed E-state index contributed by atoms with van der Waals surface area (Å²) in [4.78, 5) is 43.1. The highest BCUT2D eigenvalue weighted by Gasteiger charge is 2.28. The third-order valence-electron chi connectivity index (χ3n) is 4.46. The number of hydrogen-bond donors (Lipinski definition) is 0. The van der Waals surface area contributed by atoms with Gasteiger partial charge in [0.25, 0.3) is 5.56 Å². The summed E-state index contributed by atoms with van der Waals surface area (Å²) in [6.07, 6.45) is 7.54. The Labute approximate surface area is 184 Å². The molecule has 1 saturated carbocycles. The Morgan fingerprint density at radius 1 is 1.00 bits per heavy atom. The summed E-state index contributed by atoms with van der Waals surface area (Å²) in [7, 11) is 0. The number of aromatic nitrogens is 1. The van der Waals surface area contributed by atoms with Crippen LogP contribution in [-0.4, -0.2) is 39.6 Å². The summed E-state index contributed by atoms with van der Waals surface area (Å²) >= 11 is 0. The van der Waals surface area contributed by atoms with E-state index in [1.165, 1.54) is 16.8 Å². The van der Waals surface area contributed by atoms with Gasteiger partial charge in [0.1, 0.15) is 22.6 Å². The molecule has 1 fully saturated rings. The molecule has 0 spiro atoms. The van der Waals surface area contributed by atoms with Gasteiger partial charge in [-0.05, 0) is 60.5 Å². The molecule has 0 amide bonds. The quantitative estimate of drug-likeness (QED) is 0.311. The van der Waals surface area contributed by atoms with E-state index in [-0.39, 0.29) is 23.0 Å². The van der Waals surface area contributed by atoms with Crippen LogP contribution in [0.1, 0.15) is 73.6 Å². The summed E-state index contributed by atoms with van der Waals surface area (Å²) in [6, 6.07) is 4.64. The number of pyridine rings is 1. The number of hydrogen-bond acceptors (Lipinski definition) is 6. The summed E-state index contributed by atoms with van der Waals surface area (Å²) in [6.45, 7) is 10.4. The van der Waals surface area contributed by atoms with Gasteiger partial charge in [-0.3, -0.25) is 14.4 Å². The Kier molecular flexibility index (Phi) is 7.98. The first-order valence-electron chi connectivity index (χ1n) is 10.8. The average Bonchev–Trinajstić information content (AvgIpc) is 2.63. The van der Waals surface area contributed by atoms with Crippen molar-refractivity contribution in [3.05, 3.63) is 46.4 Å². The Morgan fingerprint density at radius 3 is 2.16 bits per heavy atom. The molecule has 0 aliphatic heterocycles. The van der Waals surface area contributed by atoms with Crippen LogP contribution in [0, 0.1) is 0 Å². The van der Waals surface area contributed by atoms with Gasteiger partial charge in [0, 0.05) is 18.3 Å². The molecule has 2 rings (SSSR count). The van der Waals surface area contributed by atoms with Gasteiger partial charge in [-0.1, -0.05) is 25.3 Å². The number of nitrogens with zero attached hydrogens (tertiary/aromatic N) is 2. The highest BCUT2D eigenvalue weighted by Crippen LogP contribution is 2.22. The SMILES string of the molecule is CC(C)(C)OC(=O)/C=C(/C(=O)OC(C)(C)C)C(=NC1CCCCC1)n1ccccc1=O. The van der Waals surface area contributed by atoms with Crippen LogP contribution in [0.15, 0.2) is 45.8 Å². The van der Waals surface area contributed by atoms with Gasteiger partial charge in [0.2, 0.25) is 0 Å². The molecule has 0 radical (unpaired) electrons. The number of carbonyl (C=O) groups excluding carboxylic acids is 2. The molecular weight excluding hydrogens is 396 g/mol. The molecule has 31 heavy (non-hydrogen) atoms. The topological polar surface area (TPSA) is 87.0 Å². The van der Waals surface area contributed by atoms with Crippen LogP contribution in [0.25, 0.3) is 0 Å². The molecule has 0 saturated heterocycles. The normalized spacial score (nSPS) is 16.7. The Hall–Kier alpha value is -2.70. The van der Waals surface area contributed by atoms with E-state index >= 15 is 0 Å². The number of carbonyl (C=O) groups is 2. The first-order chi connectivity index (χ1) is 14.4. The highest BCUT2D eigenvalue weighted by molar-refractivity contribution is 6.22. The van der Waals surface area contributed by atoms with E-state index in [2.05, 4.69) is 0 Å². The van der Waals surface area contributed by atoms with Gasteiger partial charge in [0.05, 0.1) is 6.04 Å². The standard InChI is InChI=1S/C24H34N2O5/c1-23(2,3)30-20(28)16-18(22(29)31-24(4,5)6)21(25-17-12-8-7-9-13-17)26-15-11-10-14-19(26)27/h10-11,14-17H,7-9,12-13H2,1-6H3/b18-16+,25-21?. The summed E-state index contributed by atoms with van der Waals surface area (Å²) in [5, 5.41) is 0. The van der Waals surface area contributed by atoms with Crippen molar-refractivity contribution in [1.29, 1.82) is 0 Å². The predicted octanol–water partition coefficient (Wildman–Crippen LogP) is 4.04. The lowest BCUT2D eigenvalue weighted by Gasteiger charge is -2.24. The highest BCUT2D eigenvalue weighted by atomic mass is 16.6.